The van der Waals surface area contributed by atoms with Crippen molar-refractivity contribution in [2.45, 2.75) is 58.5 Å². The largest absolute Gasteiger partial charge is 0.322 e. The Morgan fingerprint density at radius 3 is 2.89 bits per heavy atom. The molecule has 2 rings (SSSR count). The normalized spacial score (nSPS) is 25.6. The van der Waals surface area contributed by atoms with E-state index in [1.165, 1.54) is 25.7 Å². The zero-order valence-corrected chi connectivity index (χ0v) is 12.2. The summed E-state index contributed by atoms with van der Waals surface area (Å²) in [5.41, 5.74) is 7.49. The number of rotatable bonds is 5. The van der Waals surface area contributed by atoms with Crippen LogP contribution in [0.4, 0.5) is 0 Å². The van der Waals surface area contributed by atoms with Gasteiger partial charge in [0.2, 0.25) is 0 Å². The highest BCUT2D eigenvalue weighted by Crippen LogP contribution is 2.40. The van der Waals surface area contributed by atoms with Crippen LogP contribution in [0, 0.1) is 11.8 Å². The van der Waals surface area contributed by atoms with Gasteiger partial charge in [0.05, 0.1) is 23.0 Å². The van der Waals surface area contributed by atoms with E-state index in [1.54, 1.807) is 6.20 Å². The van der Waals surface area contributed by atoms with Crippen molar-refractivity contribution in [1.82, 2.24) is 9.78 Å². The molecule has 3 unspecified atom stereocenters. The Labute approximate surface area is 115 Å². The summed E-state index contributed by atoms with van der Waals surface area (Å²) in [6.45, 7) is 5.32. The third-order valence-electron chi connectivity index (χ3n) is 4.25. The van der Waals surface area contributed by atoms with E-state index in [9.17, 15) is 0 Å². The minimum Gasteiger partial charge on any atom is -0.322 e. The molecule has 0 radical (unpaired) electrons. The molecule has 0 aliphatic heterocycles. The van der Waals surface area contributed by atoms with E-state index >= 15 is 0 Å². The molecule has 0 amide bonds. The first kappa shape index (κ1) is 13.9. The summed E-state index contributed by atoms with van der Waals surface area (Å²) in [6, 6.07) is 0.0445. The average molecular weight is 270 g/mol. The van der Waals surface area contributed by atoms with Crippen molar-refractivity contribution in [3.8, 4) is 0 Å². The van der Waals surface area contributed by atoms with Gasteiger partial charge >= 0.3 is 0 Å². The predicted octanol–water partition coefficient (Wildman–Crippen LogP) is 3.77. The van der Waals surface area contributed by atoms with Gasteiger partial charge in [-0.15, -0.1) is 0 Å². The Morgan fingerprint density at radius 2 is 2.28 bits per heavy atom. The van der Waals surface area contributed by atoms with Gasteiger partial charge in [-0.2, -0.15) is 5.10 Å². The van der Waals surface area contributed by atoms with E-state index in [0.717, 1.165) is 29.6 Å². The Morgan fingerprint density at radius 1 is 1.50 bits per heavy atom. The van der Waals surface area contributed by atoms with E-state index in [-0.39, 0.29) is 6.04 Å². The van der Waals surface area contributed by atoms with E-state index in [2.05, 4.69) is 18.9 Å². The van der Waals surface area contributed by atoms with E-state index < -0.39 is 0 Å². The molecule has 1 aromatic heterocycles. The lowest BCUT2D eigenvalue weighted by atomic mass is 9.94. The monoisotopic (exact) mass is 269 g/mol. The molecule has 3 nitrogen and oxygen atoms in total. The van der Waals surface area contributed by atoms with E-state index in [4.69, 9.17) is 17.3 Å². The zero-order valence-electron chi connectivity index (χ0n) is 11.4. The summed E-state index contributed by atoms with van der Waals surface area (Å²) >= 11 is 6.26. The van der Waals surface area contributed by atoms with Gasteiger partial charge in [0.25, 0.3) is 0 Å². The molecule has 1 aliphatic rings. The molecule has 18 heavy (non-hydrogen) atoms. The van der Waals surface area contributed by atoms with Crippen LogP contribution in [0.2, 0.25) is 5.02 Å². The van der Waals surface area contributed by atoms with Crippen LogP contribution in [0.1, 0.15) is 57.7 Å². The first-order chi connectivity index (χ1) is 8.67. The van der Waals surface area contributed by atoms with Crippen LogP contribution >= 0.6 is 11.6 Å². The Kier molecular flexibility index (Phi) is 4.68. The molecule has 1 aliphatic carbocycles. The van der Waals surface area contributed by atoms with Crippen molar-refractivity contribution in [2.75, 3.05) is 0 Å². The van der Waals surface area contributed by atoms with E-state index in [0.29, 0.717) is 5.92 Å². The quantitative estimate of drug-likeness (QED) is 0.884. The SMILES string of the molecule is CCCn1ncc(Cl)c1C(N)C1CCC(CC)C1. The van der Waals surface area contributed by atoms with Gasteiger partial charge in [0, 0.05) is 6.54 Å². The highest BCUT2D eigenvalue weighted by atomic mass is 35.5. The van der Waals surface area contributed by atoms with Gasteiger partial charge in [0.1, 0.15) is 0 Å². The Balaban J connectivity index is 2.13. The fourth-order valence-corrected chi connectivity index (χ4v) is 3.39. The zero-order chi connectivity index (χ0) is 13.1. The van der Waals surface area contributed by atoms with Crippen molar-refractivity contribution in [3.05, 3.63) is 16.9 Å². The number of aromatic nitrogens is 2. The number of nitrogens with two attached hydrogens (primary N) is 1. The lowest BCUT2D eigenvalue weighted by Gasteiger charge is -2.21. The molecule has 0 saturated heterocycles. The molecule has 3 atom stereocenters. The first-order valence-corrected chi connectivity index (χ1v) is 7.51. The Hall–Kier alpha value is -0.540. The van der Waals surface area contributed by atoms with Crippen molar-refractivity contribution in [3.63, 3.8) is 0 Å². The minimum absolute atomic E-state index is 0.0445. The molecule has 2 N–H and O–H groups in total. The summed E-state index contributed by atoms with van der Waals surface area (Å²) in [5.74, 6) is 1.42. The molecular formula is C14H24ClN3. The molecule has 0 aromatic carbocycles. The molecule has 1 saturated carbocycles. The predicted molar refractivity (Wildman–Crippen MR) is 75.6 cm³/mol. The van der Waals surface area contributed by atoms with Crippen molar-refractivity contribution < 1.29 is 0 Å². The van der Waals surface area contributed by atoms with Crippen molar-refractivity contribution in [1.29, 1.82) is 0 Å². The highest BCUT2D eigenvalue weighted by Gasteiger charge is 2.31. The number of aryl methyl sites for hydroxylation is 1. The average Bonchev–Trinajstić information content (AvgIpc) is 2.96. The maximum Gasteiger partial charge on any atom is 0.0834 e. The standard InChI is InChI=1S/C14H24ClN3/c1-3-7-18-14(12(15)9-17-18)13(16)11-6-5-10(4-2)8-11/h9-11,13H,3-8,16H2,1-2H3. The van der Waals surface area contributed by atoms with Crippen LogP contribution in [0.25, 0.3) is 0 Å². The number of halogens is 1. The van der Waals surface area contributed by atoms with Crippen molar-refractivity contribution >= 4 is 11.6 Å². The number of hydrogen-bond donors (Lipinski definition) is 1. The van der Waals surface area contributed by atoms with Crippen LogP contribution in [-0.2, 0) is 6.54 Å². The molecule has 0 bridgehead atoms. The highest BCUT2D eigenvalue weighted by molar-refractivity contribution is 6.31. The Bertz CT molecular complexity index is 388. The molecule has 1 fully saturated rings. The van der Waals surface area contributed by atoms with Gasteiger partial charge in [0.15, 0.2) is 0 Å². The van der Waals surface area contributed by atoms with Gasteiger partial charge in [-0.05, 0) is 31.1 Å². The van der Waals surface area contributed by atoms with Gasteiger partial charge in [-0.3, -0.25) is 4.68 Å². The van der Waals surface area contributed by atoms with Gasteiger partial charge < -0.3 is 5.73 Å². The summed E-state index contributed by atoms with van der Waals surface area (Å²) in [5, 5.41) is 5.07. The van der Waals surface area contributed by atoms with Crippen molar-refractivity contribution in [2.24, 2.45) is 17.6 Å². The summed E-state index contributed by atoms with van der Waals surface area (Å²) in [7, 11) is 0. The lowest BCUT2D eigenvalue weighted by molar-refractivity contribution is 0.392. The molecule has 102 valence electrons. The van der Waals surface area contributed by atoms with Gasteiger partial charge in [-0.25, -0.2) is 0 Å². The summed E-state index contributed by atoms with van der Waals surface area (Å²) in [4.78, 5) is 0. The fourth-order valence-electron chi connectivity index (χ4n) is 3.13. The third-order valence-corrected chi connectivity index (χ3v) is 4.54. The van der Waals surface area contributed by atoms with Crippen LogP contribution in [0.3, 0.4) is 0 Å². The summed E-state index contributed by atoms with van der Waals surface area (Å²) in [6.07, 6.45) is 7.84. The maximum absolute atomic E-state index is 6.45. The molecule has 1 heterocycles. The molecule has 4 heteroatoms. The second kappa shape index (κ2) is 6.07. The van der Waals surface area contributed by atoms with Crippen LogP contribution in [0.15, 0.2) is 6.20 Å². The smallest absolute Gasteiger partial charge is 0.0834 e. The third kappa shape index (κ3) is 2.72. The number of hydrogen-bond acceptors (Lipinski definition) is 2. The molecular weight excluding hydrogens is 246 g/mol. The second-order valence-electron chi connectivity index (χ2n) is 5.47. The van der Waals surface area contributed by atoms with Crippen LogP contribution in [0.5, 0.6) is 0 Å². The molecule has 1 aromatic rings. The van der Waals surface area contributed by atoms with Crippen LogP contribution in [-0.4, -0.2) is 9.78 Å². The van der Waals surface area contributed by atoms with E-state index in [1.807, 2.05) is 4.68 Å². The molecule has 0 spiro atoms. The fraction of sp³-hybridized carbons (Fsp3) is 0.786. The first-order valence-electron chi connectivity index (χ1n) is 7.14. The second-order valence-corrected chi connectivity index (χ2v) is 5.88. The number of nitrogens with zero attached hydrogens (tertiary/aromatic N) is 2. The van der Waals surface area contributed by atoms with Gasteiger partial charge in [-0.1, -0.05) is 38.3 Å². The lowest BCUT2D eigenvalue weighted by Crippen LogP contribution is -2.23. The van der Waals surface area contributed by atoms with Crippen LogP contribution < -0.4 is 5.73 Å². The minimum atomic E-state index is 0.0445. The topological polar surface area (TPSA) is 43.8 Å². The maximum atomic E-state index is 6.45. The summed E-state index contributed by atoms with van der Waals surface area (Å²) < 4.78 is 1.99.